The topological polar surface area (TPSA) is 120 Å². The van der Waals surface area contributed by atoms with Crippen molar-refractivity contribution >= 4 is 35.3 Å². The molecule has 0 bridgehead atoms. The third kappa shape index (κ3) is 4.57. The molecular formula is C24H27N5O4. The molecule has 1 aromatic rings. The van der Waals surface area contributed by atoms with Crippen LogP contribution < -0.4 is 16.0 Å². The SMILES string of the molecule is CC1=NC2C=CC=C(CNC(=O)Nc3ccc(C)c(C)c3)C2C(=O)N1C1CCC(=O)NC1=O. The summed E-state index contributed by atoms with van der Waals surface area (Å²) in [6.45, 7) is 5.83. The quantitative estimate of drug-likeness (QED) is 0.609. The molecule has 5 amide bonds. The molecule has 3 N–H and O–H groups in total. The largest absolute Gasteiger partial charge is 0.334 e. The third-order valence-electron chi connectivity index (χ3n) is 6.29. The maximum Gasteiger partial charge on any atom is 0.319 e. The van der Waals surface area contributed by atoms with E-state index < -0.39 is 23.9 Å². The molecule has 3 aliphatic rings. The first-order chi connectivity index (χ1) is 15.7. The van der Waals surface area contributed by atoms with Crippen molar-refractivity contribution in [3.8, 4) is 0 Å². The monoisotopic (exact) mass is 449 g/mol. The Kier molecular flexibility index (Phi) is 6.13. The van der Waals surface area contributed by atoms with E-state index in [9.17, 15) is 19.2 Å². The average Bonchev–Trinajstić information content (AvgIpc) is 2.76. The highest BCUT2D eigenvalue weighted by Gasteiger charge is 2.44. The van der Waals surface area contributed by atoms with Crippen LogP contribution in [0.3, 0.4) is 0 Å². The third-order valence-corrected chi connectivity index (χ3v) is 6.29. The lowest BCUT2D eigenvalue weighted by atomic mass is 9.84. The van der Waals surface area contributed by atoms with Crippen molar-refractivity contribution in [2.45, 2.75) is 45.7 Å². The Hall–Kier alpha value is -3.75. The second-order valence-electron chi connectivity index (χ2n) is 8.55. The number of carbonyl (C=O) groups excluding carboxylic acids is 4. The number of rotatable bonds is 4. The van der Waals surface area contributed by atoms with Gasteiger partial charge in [-0.3, -0.25) is 29.6 Å². The van der Waals surface area contributed by atoms with Gasteiger partial charge in [0.2, 0.25) is 17.7 Å². The zero-order chi connectivity index (χ0) is 23.7. The van der Waals surface area contributed by atoms with Gasteiger partial charge in [0.05, 0.1) is 12.0 Å². The number of urea groups is 1. The summed E-state index contributed by atoms with van der Waals surface area (Å²) in [4.78, 5) is 55.9. The minimum atomic E-state index is -0.770. The van der Waals surface area contributed by atoms with Gasteiger partial charge < -0.3 is 10.6 Å². The highest BCUT2D eigenvalue weighted by atomic mass is 16.2. The molecule has 1 aromatic carbocycles. The fraction of sp³-hybridized carbons (Fsp3) is 0.375. The predicted molar refractivity (Wildman–Crippen MR) is 124 cm³/mol. The first-order valence-electron chi connectivity index (χ1n) is 10.9. The van der Waals surface area contributed by atoms with Crippen LogP contribution >= 0.6 is 0 Å². The molecule has 4 rings (SSSR count). The Balaban J connectivity index is 1.46. The summed E-state index contributed by atoms with van der Waals surface area (Å²) in [5, 5.41) is 7.92. The molecule has 0 saturated carbocycles. The Morgan fingerprint density at radius 2 is 1.97 bits per heavy atom. The number of amidine groups is 1. The van der Waals surface area contributed by atoms with Crippen molar-refractivity contribution in [2.24, 2.45) is 10.9 Å². The summed E-state index contributed by atoms with van der Waals surface area (Å²) in [5.74, 6) is -1.26. The van der Waals surface area contributed by atoms with Crippen molar-refractivity contribution in [3.05, 3.63) is 53.1 Å². The number of nitrogens with one attached hydrogen (secondary N) is 3. The highest BCUT2D eigenvalue weighted by molar-refractivity contribution is 6.09. The van der Waals surface area contributed by atoms with Crippen molar-refractivity contribution in [1.82, 2.24) is 15.5 Å². The van der Waals surface area contributed by atoms with E-state index in [1.165, 1.54) is 4.90 Å². The van der Waals surface area contributed by atoms with Crippen molar-refractivity contribution in [3.63, 3.8) is 0 Å². The van der Waals surface area contributed by atoms with Crippen molar-refractivity contribution < 1.29 is 19.2 Å². The average molecular weight is 450 g/mol. The Labute approximate surface area is 192 Å². The van der Waals surface area contributed by atoms with Gasteiger partial charge >= 0.3 is 6.03 Å². The lowest BCUT2D eigenvalue weighted by molar-refractivity contribution is -0.144. The second kappa shape index (κ2) is 9.01. The Morgan fingerprint density at radius 3 is 2.70 bits per heavy atom. The maximum absolute atomic E-state index is 13.5. The van der Waals surface area contributed by atoms with Crippen LogP contribution in [0.25, 0.3) is 0 Å². The molecule has 2 heterocycles. The lowest BCUT2D eigenvalue weighted by Gasteiger charge is -2.41. The number of benzene rings is 1. The van der Waals surface area contributed by atoms with Gasteiger partial charge in [0, 0.05) is 18.7 Å². The van der Waals surface area contributed by atoms with Crippen molar-refractivity contribution in [2.75, 3.05) is 11.9 Å². The normalized spacial score (nSPS) is 24.5. The first-order valence-corrected chi connectivity index (χ1v) is 10.9. The smallest absolute Gasteiger partial charge is 0.319 e. The van der Waals surface area contributed by atoms with E-state index in [0.29, 0.717) is 17.1 Å². The highest BCUT2D eigenvalue weighted by Crippen LogP contribution is 2.31. The molecule has 9 nitrogen and oxygen atoms in total. The molecule has 1 saturated heterocycles. The fourth-order valence-corrected chi connectivity index (χ4v) is 4.39. The molecule has 172 valence electrons. The van der Waals surface area contributed by atoms with E-state index in [-0.39, 0.29) is 37.2 Å². The minimum Gasteiger partial charge on any atom is -0.334 e. The summed E-state index contributed by atoms with van der Waals surface area (Å²) >= 11 is 0. The van der Waals surface area contributed by atoms with Crippen LogP contribution in [0, 0.1) is 19.8 Å². The molecule has 2 aliphatic heterocycles. The Morgan fingerprint density at radius 1 is 1.18 bits per heavy atom. The van der Waals surface area contributed by atoms with Gasteiger partial charge in [-0.15, -0.1) is 0 Å². The number of carbonyl (C=O) groups is 4. The van der Waals surface area contributed by atoms with Crippen LogP contribution in [-0.4, -0.2) is 53.1 Å². The van der Waals surface area contributed by atoms with E-state index in [1.54, 1.807) is 13.0 Å². The van der Waals surface area contributed by atoms with Crippen LogP contribution in [0.1, 0.15) is 30.9 Å². The second-order valence-corrected chi connectivity index (χ2v) is 8.55. The first kappa shape index (κ1) is 22.4. The summed E-state index contributed by atoms with van der Waals surface area (Å²) in [6, 6.07) is 4.12. The molecule has 0 aromatic heterocycles. The summed E-state index contributed by atoms with van der Waals surface area (Å²) in [6.07, 6.45) is 5.89. The maximum atomic E-state index is 13.5. The number of aryl methyl sites for hydroxylation is 2. The van der Waals surface area contributed by atoms with Gasteiger partial charge in [-0.1, -0.05) is 24.3 Å². The fourth-order valence-electron chi connectivity index (χ4n) is 4.39. The van der Waals surface area contributed by atoms with E-state index in [0.717, 1.165) is 11.1 Å². The van der Waals surface area contributed by atoms with Gasteiger partial charge in [0.15, 0.2) is 0 Å². The zero-order valence-corrected chi connectivity index (χ0v) is 18.8. The predicted octanol–water partition coefficient (Wildman–Crippen LogP) is 1.97. The summed E-state index contributed by atoms with van der Waals surface area (Å²) in [7, 11) is 0. The number of imide groups is 1. The van der Waals surface area contributed by atoms with Crippen LogP contribution in [0.4, 0.5) is 10.5 Å². The zero-order valence-electron chi connectivity index (χ0n) is 18.8. The molecule has 3 atom stereocenters. The van der Waals surface area contributed by atoms with Gasteiger partial charge in [0.1, 0.15) is 11.9 Å². The van der Waals surface area contributed by atoms with Gasteiger partial charge in [0.25, 0.3) is 0 Å². The molecule has 3 unspecified atom stereocenters. The van der Waals surface area contributed by atoms with Gasteiger partial charge in [-0.25, -0.2) is 4.79 Å². The summed E-state index contributed by atoms with van der Waals surface area (Å²) in [5.41, 5.74) is 3.60. The Bertz CT molecular complexity index is 1120. The van der Waals surface area contributed by atoms with Crippen molar-refractivity contribution in [1.29, 1.82) is 0 Å². The van der Waals surface area contributed by atoms with Crippen LogP contribution in [0.15, 0.2) is 47.0 Å². The molecule has 1 aliphatic carbocycles. The number of nitrogens with zero attached hydrogens (tertiary/aromatic N) is 2. The van der Waals surface area contributed by atoms with Crippen LogP contribution in [0.2, 0.25) is 0 Å². The number of allylic oxidation sites excluding steroid dienone is 2. The molecule has 33 heavy (non-hydrogen) atoms. The number of piperidine rings is 1. The van der Waals surface area contributed by atoms with Gasteiger partial charge in [-0.2, -0.15) is 0 Å². The van der Waals surface area contributed by atoms with E-state index in [1.807, 2.05) is 44.2 Å². The van der Waals surface area contributed by atoms with E-state index in [4.69, 9.17) is 0 Å². The summed E-state index contributed by atoms with van der Waals surface area (Å²) < 4.78 is 0. The molecular weight excluding hydrogens is 422 g/mol. The number of fused-ring (bicyclic) bond motifs is 1. The van der Waals surface area contributed by atoms with Gasteiger partial charge in [-0.05, 0) is 56.0 Å². The molecule has 1 fully saturated rings. The number of anilines is 1. The number of amides is 5. The molecule has 9 heteroatoms. The standard InChI is InChI=1S/C24H27N5O4/c1-13-7-8-17(11-14(13)2)27-24(33)25-12-16-5-4-6-18-21(16)23(32)29(15(3)26-18)19-9-10-20(30)28-22(19)31/h4-8,11,18-19,21H,9-10,12H2,1-3H3,(H2,25,27,33)(H,28,30,31). The number of hydrogen-bond donors (Lipinski definition) is 3. The minimum absolute atomic E-state index is 0.158. The number of aliphatic imine (C=N–C) groups is 1. The van der Waals surface area contributed by atoms with E-state index in [2.05, 4.69) is 20.9 Å². The lowest BCUT2D eigenvalue weighted by Crippen LogP contribution is -2.60. The van der Waals surface area contributed by atoms with E-state index >= 15 is 0 Å². The van der Waals surface area contributed by atoms with Crippen LogP contribution in [-0.2, 0) is 14.4 Å². The van der Waals surface area contributed by atoms with Crippen LogP contribution in [0.5, 0.6) is 0 Å². The molecule has 0 radical (unpaired) electrons. The number of hydrogen-bond acceptors (Lipinski definition) is 5. The molecule has 0 spiro atoms.